The summed E-state index contributed by atoms with van der Waals surface area (Å²) in [6, 6.07) is 16.6. The number of benzene rings is 2. The van der Waals surface area contributed by atoms with Crippen molar-refractivity contribution < 1.29 is 4.79 Å². The molecule has 2 heterocycles. The van der Waals surface area contributed by atoms with Gasteiger partial charge < -0.3 is 9.88 Å². The molecule has 0 spiro atoms. The van der Waals surface area contributed by atoms with Crippen LogP contribution >= 0.6 is 11.8 Å². The fourth-order valence-electron chi connectivity index (χ4n) is 3.59. The first-order valence-corrected chi connectivity index (χ1v) is 9.81. The van der Waals surface area contributed by atoms with Gasteiger partial charge in [-0.3, -0.25) is 4.79 Å². The molecule has 4 heteroatoms. The number of fused-ring (bicyclic) bond motifs is 1. The smallest absolute Gasteiger partial charge is 0.256 e. The zero-order valence-corrected chi connectivity index (χ0v) is 15.2. The summed E-state index contributed by atoms with van der Waals surface area (Å²) >= 11 is 1.97. The molecule has 1 unspecified atom stereocenters. The third kappa shape index (κ3) is 3.19. The van der Waals surface area contributed by atoms with Crippen LogP contribution in [0.4, 0.5) is 0 Å². The average molecular weight is 350 g/mol. The molecule has 0 radical (unpaired) electrons. The van der Waals surface area contributed by atoms with Gasteiger partial charge in [-0.15, -0.1) is 0 Å². The molecule has 3 nitrogen and oxygen atoms in total. The first-order valence-electron chi connectivity index (χ1n) is 8.76. The number of nitrogens with zero attached hydrogens (tertiary/aromatic N) is 1. The molecule has 1 saturated heterocycles. The molecule has 128 valence electrons. The van der Waals surface area contributed by atoms with E-state index in [4.69, 9.17) is 0 Å². The summed E-state index contributed by atoms with van der Waals surface area (Å²) in [4.78, 5) is 18.3. The average Bonchev–Trinajstić information content (AvgIpc) is 2.91. The summed E-state index contributed by atoms with van der Waals surface area (Å²) in [5.41, 5.74) is 4.56. The molecule has 1 aliphatic heterocycles. The quantitative estimate of drug-likeness (QED) is 0.721. The summed E-state index contributed by atoms with van der Waals surface area (Å²) in [6.07, 6.45) is 2.85. The van der Waals surface area contributed by atoms with Gasteiger partial charge in [0.25, 0.3) is 5.91 Å². The number of amides is 1. The molecular formula is C21H22N2OS. The van der Waals surface area contributed by atoms with Crippen LogP contribution in [0.1, 0.15) is 33.2 Å². The van der Waals surface area contributed by atoms with Crippen molar-refractivity contribution in [1.29, 1.82) is 0 Å². The molecule has 1 fully saturated rings. The van der Waals surface area contributed by atoms with Crippen molar-refractivity contribution in [3.05, 3.63) is 71.4 Å². The minimum atomic E-state index is 0.142. The molecule has 1 aromatic heterocycles. The number of hydrogen-bond acceptors (Lipinski definition) is 2. The minimum absolute atomic E-state index is 0.142. The Morgan fingerprint density at radius 1 is 1.12 bits per heavy atom. The second-order valence-electron chi connectivity index (χ2n) is 6.54. The van der Waals surface area contributed by atoms with Crippen molar-refractivity contribution in [2.45, 2.75) is 18.6 Å². The highest BCUT2D eigenvalue weighted by Gasteiger charge is 2.24. The first-order chi connectivity index (χ1) is 12.2. The fourth-order valence-corrected chi connectivity index (χ4v) is 4.92. The highest BCUT2D eigenvalue weighted by Crippen LogP contribution is 2.36. The van der Waals surface area contributed by atoms with E-state index in [0.717, 1.165) is 41.7 Å². The summed E-state index contributed by atoms with van der Waals surface area (Å²) in [5.74, 6) is 1.12. The lowest BCUT2D eigenvalue weighted by Gasteiger charge is -2.20. The molecule has 4 rings (SSSR count). The Labute approximate surface area is 152 Å². The Hall–Kier alpha value is -2.20. The number of para-hydroxylation sites is 1. The zero-order valence-electron chi connectivity index (χ0n) is 14.4. The Morgan fingerprint density at radius 3 is 2.80 bits per heavy atom. The third-order valence-electron chi connectivity index (χ3n) is 4.98. The van der Waals surface area contributed by atoms with E-state index in [1.807, 2.05) is 47.1 Å². The van der Waals surface area contributed by atoms with E-state index in [2.05, 4.69) is 36.2 Å². The predicted molar refractivity (Wildman–Crippen MR) is 105 cm³/mol. The number of aromatic amines is 1. The molecule has 1 aliphatic rings. The van der Waals surface area contributed by atoms with Crippen LogP contribution in [0.5, 0.6) is 0 Å². The standard InChI is InChI=1S/C21H22N2OS/c1-15-6-2-3-7-16(15)20-10-11-23(12-13-25-20)21(24)18-14-22-19-9-5-4-8-17(18)19/h2-9,14,20,22H,10-13H2,1H3. The van der Waals surface area contributed by atoms with E-state index in [9.17, 15) is 4.79 Å². The van der Waals surface area contributed by atoms with Gasteiger partial charge in [-0.05, 0) is 30.5 Å². The van der Waals surface area contributed by atoms with Gasteiger partial charge in [-0.25, -0.2) is 0 Å². The van der Waals surface area contributed by atoms with E-state index < -0.39 is 0 Å². The molecule has 3 aromatic rings. The van der Waals surface area contributed by atoms with E-state index in [0.29, 0.717) is 5.25 Å². The number of aryl methyl sites for hydroxylation is 1. The van der Waals surface area contributed by atoms with E-state index in [1.54, 1.807) is 0 Å². The second kappa shape index (κ2) is 6.96. The highest BCUT2D eigenvalue weighted by atomic mass is 32.2. The summed E-state index contributed by atoms with van der Waals surface area (Å²) in [5, 5.41) is 1.49. The normalized spacial score (nSPS) is 18.3. The van der Waals surface area contributed by atoms with E-state index in [-0.39, 0.29) is 5.91 Å². The Balaban J connectivity index is 1.53. The number of hydrogen-bond donors (Lipinski definition) is 1. The first kappa shape index (κ1) is 16.3. The number of nitrogens with one attached hydrogen (secondary N) is 1. The van der Waals surface area contributed by atoms with Gasteiger partial charge in [-0.2, -0.15) is 11.8 Å². The minimum Gasteiger partial charge on any atom is -0.360 e. The molecule has 0 saturated carbocycles. The lowest BCUT2D eigenvalue weighted by molar-refractivity contribution is 0.0768. The molecule has 0 aliphatic carbocycles. The Bertz CT molecular complexity index is 902. The van der Waals surface area contributed by atoms with Crippen molar-refractivity contribution in [3.63, 3.8) is 0 Å². The lowest BCUT2D eigenvalue weighted by Crippen LogP contribution is -2.32. The number of rotatable bonds is 2. The van der Waals surface area contributed by atoms with Crippen LogP contribution in [0, 0.1) is 6.92 Å². The topological polar surface area (TPSA) is 36.1 Å². The van der Waals surface area contributed by atoms with Crippen LogP contribution in [0.3, 0.4) is 0 Å². The van der Waals surface area contributed by atoms with Gasteiger partial charge in [0, 0.05) is 41.2 Å². The van der Waals surface area contributed by atoms with E-state index >= 15 is 0 Å². The molecule has 25 heavy (non-hydrogen) atoms. The van der Waals surface area contributed by atoms with Gasteiger partial charge in [0.15, 0.2) is 0 Å². The number of aromatic nitrogens is 1. The highest BCUT2D eigenvalue weighted by molar-refractivity contribution is 7.99. The second-order valence-corrected chi connectivity index (χ2v) is 7.86. The number of carbonyl (C=O) groups excluding carboxylic acids is 1. The predicted octanol–water partition coefficient (Wildman–Crippen LogP) is 4.80. The largest absolute Gasteiger partial charge is 0.360 e. The van der Waals surface area contributed by atoms with Gasteiger partial charge in [-0.1, -0.05) is 42.5 Å². The fraction of sp³-hybridized carbons (Fsp3) is 0.286. The molecule has 1 amide bonds. The van der Waals surface area contributed by atoms with Crippen LogP contribution in [-0.2, 0) is 0 Å². The van der Waals surface area contributed by atoms with Crippen LogP contribution in [0.2, 0.25) is 0 Å². The van der Waals surface area contributed by atoms with Crippen molar-refractivity contribution in [3.8, 4) is 0 Å². The van der Waals surface area contributed by atoms with Gasteiger partial charge in [0.2, 0.25) is 0 Å². The van der Waals surface area contributed by atoms with Gasteiger partial charge in [0.1, 0.15) is 0 Å². The van der Waals surface area contributed by atoms with Crippen LogP contribution < -0.4 is 0 Å². The van der Waals surface area contributed by atoms with Crippen LogP contribution in [0.15, 0.2) is 54.7 Å². The number of H-pyrrole nitrogens is 1. The SMILES string of the molecule is Cc1ccccc1C1CCN(C(=O)c2c[nH]c3ccccc23)CCS1. The van der Waals surface area contributed by atoms with Crippen LogP contribution in [0.25, 0.3) is 10.9 Å². The van der Waals surface area contributed by atoms with Crippen molar-refractivity contribution >= 4 is 28.6 Å². The molecular weight excluding hydrogens is 328 g/mol. The van der Waals surface area contributed by atoms with Crippen molar-refractivity contribution in [1.82, 2.24) is 9.88 Å². The van der Waals surface area contributed by atoms with Crippen molar-refractivity contribution in [2.75, 3.05) is 18.8 Å². The number of carbonyl (C=O) groups is 1. The lowest BCUT2D eigenvalue weighted by atomic mass is 10.0. The monoisotopic (exact) mass is 350 g/mol. The van der Waals surface area contributed by atoms with E-state index in [1.165, 1.54) is 11.1 Å². The van der Waals surface area contributed by atoms with Gasteiger partial charge in [0.05, 0.1) is 5.56 Å². The van der Waals surface area contributed by atoms with Crippen LogP contribution in [-0.4, -0.2) is 34.6 Å². The van der Waals surface area contributed by atoms with Gasteiger partial charge >= 0.3 is 0 Å². The maximum absolute atomic E-state index is 13.0. The zero-order chi connectivity index (χ0) is 17.2. The Kier molecular flexibility index (Phi) is 4.53. The molecule has 0 bridgehead atoms. The Morgan fingerprint density at radius 2 is 1.92 bits per heavy atom. The third-order valence-corrected chi connectivity index (χ3v) is 6.29. The maximum atomic E-state index is 13.0. The summed E-state index contributed by atoms with van der Waals surface area (Å²) in [7, 11) is 0. The molecule has 1 atom stereocenters. The summed E-state index contributed by atoms with van der Waals surface area (Å²) < 4.78 is 0. The van der Waals surface area contributed by atoms with Crippen molar-refractivity contribution in [2.24, 2.45) is 0 Å². The molecule has 1 N–H and O–H groups in total. The summed E-state index contributed by atoms with van der Waals surface area (Å²) in [6.45, 7) is 3.80. The maximum Gasteiger partial charge on any atom is 0.256 e. The number of thioether (sulfide) groups is 1. The molecule has 2 aromatic carbocycles.